The van der Waals surface area contributed by atoms with Crippen molar-refractivity contribution in [2.45, 2.75) is 0 Å². The van der Waals surface area contributed by atoms with E-state index in [9.17, 15) is 20.4 Å². The summed E-state index contributed by atoms with van der Waals surface area (Å²) in [6.45, 7) is 6.08. The van der Waals surface area contributed by atoms with Gasteiger partial charge in [0.15, 0.2) is 0 Å². The van der Waals surface area contributed by atoms with Gasteiger partial charge in [0.05, 0.1) is 79.0 Å². The van der Waals surface area contributed by atoms with E-state index in [1.165, 1.54) is 0 Å². The van der Waals surface area contributed by atoms with E-state index < -0.39 is 0 Å². The van der Waals surface area contributed by atoms with Gasteiger partial charge < -0.3 is 39.4 Å². The molecule has 0 spiro atoms. The molecule has 12 heteroatoms. The highest BCUT2D eigenvalue weighted by atomic mass is 16.5. The van der Waals surface area contributed by atoms with Crippen LogP contribution in [0.1, 0.15) is 22.3 Å². The van der Waals surface area contributed by atoms with Crippen LogP contribution < -0.4 is 0 Å². The standard InChI is InChI=1S/2C20H24N2O4/c2*23-19-7-3-1-5-17(19)15-21-9-11-25-13-14-26-12-10-22-16-18-6-2-4-8-20(18)24/h2*1-8,15-16,23-24H,9-14H2. The number of para-hydroxylation sites is 4. The molecule has 12 nitrogen and oxygen atoms in total. The molecule has 4 aromatic carbocycles. The lowest BCUT2D eigenvalue weighted by atomic mass is 10.2. The van der Waals surface area contributed by atoms with Crippen LogP contribution in [0.25, 0.3) is 0 Å². The van der Waals surface area contributed by atoms with E-state index in [1.54, 1.807) is 97.7 Å². The first-order chi connectivity index (χ1) is 25.5. The Balaban J connectivity index is 0.000000280. The zero-order valence-electron chi connectivity index (χ0n) is 29.2. The van der Waals surface area contributed by atoms with Gasteiger partial charge in [0.2, 0.25) is 0 Å². The predicted molar refractivity (Wildman–Crippen MR) is 206 cm³/mol. The Labute approximate surface area is 305 Å². The van der Waals surface area contributed by atoms with E-state index >= 15 is 0 Å². The number of aliphatic imine (C=N–C) groups is 4. The minimum absolute atomic E-state index is 0.218. The van der Waals surface area contributed by atoms with Crippen molar-refractivity contribution in [1.29, 1.82) is 0 Å². The second kappa shape index (κ2) is 26.4. The number of nitrogens with zero attached hydrogens (tertiary/aromatic N) is 4. The van der Waals surface area contributed by atoms with E-state index in [0.29, 0.717) is 101 Å². The summed E-state index contributed by atoms with van der Waals surface area (Å²) < 4.78 is 21.7. The largest absolute Gasteiger partial charge is 0.507 e. The van der Waals surface area contributed by atoms with Crippen LogP contribution in [0, 0.1) is 0 Å². The molecule has 0 amide bonds. The molecule has 0 fully saturated rings. The number of aromatic hydroxyl groups is 4. The Kier molecular flexibility index (Phi) is 20.8. The maximum atomic E-state index is 9.59. The third-order valence-electron chi connectivity index (χ3n) is 6.87. The van der Waals surface area contributed by atoms with Crippen molar-refractivity contribution in [3.05, 3.63) is 119 Å². The first kappa shape index (κ1) is 41.0. The molecule has 0 aliphatic rings. The second-order valence-electron chi connectivity index (χ2n) is 10.8. The van der Waals surface area contributed by atoms with E-state index in [1.807, 2.05) is 24.3 Å². The van der Waals surface area contributed by atoms with Crippen molar-refractivity contribution in [1.82, 2.24) is 0 Å². The van der Waals surface area contributed by atoms with E-state index in [4.69, 9.17) is 18.9 Å². The van der Waals surface area contributed by atoms with Crippen LogP contribution in [-0.2, 0) is 18.9 Å². The highest BCUT2D eigenvalue weighted by Gasteiger charge is 1.98. The van der Waals surface area contributed by atoms with Gasteiger partial charge >= 0.3 is 0 Å². The average Bonchev–Trinajstić information content (AvgIpc) is 3.15. The summed E-state index contributed by atoms with van der Waals surface area (Å²) in [6, 6.07) is 28.2. The predicted octanol–water partition coefficient (Wildman–Crippen LogP) is 5.34. The summed E-state index contributed by atoms with van der Waals surface area (Å²) in [5.41, 5.74) is 2.78. The Morgan fingerprint density at radius 2 is 0.538 bits per heavy atom. The fourth-order valence-corrected chi connectivity index (χ4v) is 4.15. The van der Waals surface area contributed by atoms with E-state index in [0.717, 1.165) is 0 Å². The molecule has 0 aliphatic carbocycles. The molecule has 0 saturated carbocycles. The molecule has 0 radical (unpaired) electrons. The number of benzene rings is 4. The summed E-state index contributed by atoms with van der Waals surface area (Å²) in [6.07, 6.45) is 6.55. The fraction of sp³-hybridized carbons (Fsp3) is 0.300. The quantitative estimate of drug-likeness (QED) is 0.0626. The topological polar surface area (TPSA) is 167 Å². The molecule has 4 rings (SSSR count). The maximum Gasteiger partial charge on any atom is 0.124 e. The number of hydrogen-bond acceptors (Lipinski definition) is 12. The van der Waals surface area contributed by atoms with Crippen molar-refractivity contribution in [2.24, 2.45) is 20.0 Å². The fourth-order valence-electron chi connectivity index (χ4n) is 4.15. The van der Waals surface area contributed by atoms with Crippen LogP contribution in [0.2, 0.25) is 0 Å². The van der Waals surface area contributed by atoms with Gasteiger partial charge in [0.1, 0.15) is 23.0 Å². The highest BCUT2D eigenvalue weighted by Crippen LogP contribution is 2.15. The Bertz CT molecular complexity index is 1430. The molecule has 276 valence electrons. The summed E-state index contributed by atoms with van der Waals surface area (Å²) in [4.78, 5) is 16.8. The molecular weight excluding hydrogens is 664 g/mol. The van der Waals surface area contributed by atoms with E-state index in [-0.39, 0.29) is 23.0 Å². The molecule has 0 heterocycles. The van der Waals surface area contributed by atoms with Crippen molar-refractivity contribution in [3.63, 3.8) is 0 Å². The van der Waals surface area contributed by atoms with Crippen LogP contribution in [0.5, 0.6) is 23.0 Å². The smallest absolute Gasteiger partial charge is 0.124 e. The van der Waals surface area contributed by atoms with Gasteiger partial charge in [-0.3, -0.25) is 20.0 Å². The average molecular weight is 713 g/mol. The minimum Gasteiger partial charge on any atom is -0.507 e. The first-order valence-corrected chi connectivity index (χ1v) is 17.0. The van der Waals surface area contributed by atoms with Gasteiger partial charge in [0, 0.05) is 47.1 Å². The lowest BCUT2D eigenvalue weighted by Crippen LogP contribution is -2.08. The zero-order valence-corrected chi connectivity index (χ0v) is 29.2. The van der Waals surface area contributed by atoms with Crippen LogP contribution in [-0.4, -0.2) is 124 Å². The summed E-state index contributed by atoms with van der Waals surface area (Å²) >= 11 is 0. The van der Waals surface area contributed by atoms with Crippen LogP contribution in [0.4, 0.5) is 0 Å². The Morgan fingerprint density at radius 3 is 0.750 bits per heavy atom. The number of phenolic OH excluding ortho intramolecular Hbond substituents is 4. The van der Waals surface area contributed by atoms with Gasteiger partial charge in [-0.2, -0.15) is 0 Å². The molecule has 0 aromatic heterocycles. The van der Waals surface area contributed by atoms with Gasteiger partial charge in [-0.05, 0) is 48.5 Å². The van der Waals surface area contributed by atoms with Crippen LogP contribution in [0.15, 0.2) is 117 Å². The van der Waals surface area contributed by atoms with Gasteiger partial charge in [-0.25, -0.2) is 0 Å². The number of ether oxygens (including phenoxy) is 4. The maximum absolute atomic E-state index is 9.59. The van der Waals surface area contributed by atoms with Gasteiger partial charge in [-0.1, -0.05) is 48.5 Å². The SMILES string of the molecule is Oc1ccccc1C=NCCOCCOCCN=Cc1ccccc1O.Oc1ccccc1C=NCCOCCOCCN=Cc1ccccc1O. The number of hydrogen-bond donors (Lipinski definition) is 4. The van der Waals surface area contributed by atoms with Crippen molar-refractivity contribution < 1.29 is 39.4 Å². The second-order valence-corrected chi connectivity index (χ2v) is 10.8. The third kappa shape index (κ3) is 18.0. The summed E-state index contributed by atoms with van der Waals surface area (Å²) in [5, 5.41) is 38.4. The molecule has 52 heavy (non-hydrogen) atoms. The van der Waals surface area contributed by atoms with Crippen molar-refractivity contribution in [3.8, 4) is 23.0 Å². The number of phenols is 4. The Hall–Kier alpha value is -5.40. The van der Waals surface area contributed by atoms with Crippen LogP contribution >= 0.6 is 0 Å². The number of rotatable bonds is 22. The third-order valence-corrected chi connectivity index (χ3v) is 6.87. The molecule has 0 aliphatic heterocycles. The molecule has 4 N–H and O–H groups in total. The molecule has 0 saturated heterocycles. The Morgan fingerprint density at radius 1 is 0.327 bits per heavy atom. The minimum atomic E-state index is 0.218. The molecule has 0 atom stereocenters. The summed E-state index contributed by atoms with van der Waals surface area (Å²) in [7, 11) is 0. The lowest BCUT2D eigenvalue weighted by molar-refractivity contribution is 0.0541. The highest BCUT2D eigenvalue weighted by molar-refractivity contribution is 5.84. The molecule has 4 aromatic rings. The normalized spacial score (nSPS) is 11.5. The molecule has 0 unspecified atom stereocenters. The molecular formula is C40H48N4O8. The van der Waals surface area contributed by atoms with Gasteiger partial charge in [-0.15, -0.1) is 0 Å². The first-order valence-electron chi connectivity index (χ1n) is 17.0. The molecule has 0 bridgehead atoms. The van der Waals surface area contributed by atoms with Crippen LogP contribution in [0.3, 0.4) is 0 Å². The monoisotopic (exact) mass is 712 g/mol. The van der Waals surface area contributed by atoms with Crippen molar-refractivity contribution in [2.75, 3.05) is 79.0 Å². The van der Waals surface area contributed by atoms with E-state index in [2.05, 4.69) is 20.0 Å². The lowest BCUT2D eigenvalue weighted by Gasteiger charge is -2.03. The van der Waals surface area contributed by atoms with Crippen molar-refractivity contribution >= 4 is 24.9 Å². The zero-order chi connectivity index (χ0) is 36.9. The summed E-state index contributed by atoms with van der Waals surface area (Å²) in [5.74, 6) is 0.873. The van der Waals surface area contributed by atoms with Gasteiger partial charge in [0.25, 0.3) is 0 Å².